The largest absolute Gasteiger partial charge is 0.477 e. The molecule has 0 aliphatic carbocycles. The zero-order valence-electron chi connectivity index (χ0n) is 14.2. The molecular formula is C17H19N3O5S. The van der Waals surface area contributed by atoms with Crippen molar-refractivity contribution < 1.29 is 18.3 Å². The summed E-state index contributed by atoms with van der Waals surface area (Å²) in [5.74, 6) is -1.05. The number of nitrogens with zero attached hydrogens (tertiary/aromatic N) is 2. The summed E-state index contributed by atoms with van der Waals surface area (Å²) < 4.78 is 26.8. The first-order valence-electron chi connectivity index (χ1n) is 8.18. The fourth-order valence-electron chi connectivity index (χ4n) is 3.00. The zero-order valence-corrected chi connectivity index (χ0v) is 15.0. The van der Waals surface area contributed by atoms with E-state index < -0.39 is 27.1 Å². The number of nitrogens with one attached hydrogen (secondary N) is 1. The first-order valence-corrected chi connectivity index (χ1v) is 9.62. The first-order chi connectivity index (χ1) is 12.3. The number of hydrogen-bond acceptors (Lipinski definition) is 5. The third kappa shape index (κ3) is 3.54. The molecule has 1 aliphatic heterocycles. The number of hydrogen-bond donors (Lipinski definition) is 2. The van der Waals surface area contributed by atoms with Gasteiger partial charge in [-0.05, 0) is 31.9 Å². The molecule has 26 heavy (non-hydrogen) atoms. The Morgan fingerprint density at radius 3 is 2.38 bits per heavy atom. The zero-order chi connectivity index (χ0) is 18.9. The van der Waals surface area contributed by atoms with Crippen molar-refractivity contribution in [2.75, 3.05) is 13.1 Å². The lowest BCUT2D eigenvalue weighted by Gasteiger charge is -2.30. The molecule has 2 N–H and O–H groups in total. The molecule has 0 atom stereocenters. The lowest BCUT2D eigenvalue weighted by Crippen LogP contribution is -2.38. The highest BCUT2D eigenvalue weighted by Gasteiger charge is 2.31. The lowest BCUT2D eigenvalue weighted by molar-refractivity contribution is 0.0694. The minimum absolute atomic E-state index is 0.116. The van der Waals surface area contributed by atoms with Gasteiger partial charge in [-0.15, -0.1) is 0 Å². The molecule has 2 aromatic rings. The molecule has 0 amide bonds. The number of H-pyrrole nitrogens is 1. The Morgan fingerprint density at radius 1 is 1.23 bits per heavy atom. The summed E-state index contributed by atoms with van der Waals surface area (Å²) in [4.78, 5) is 29.5. The van der Waals surface area contributed by atoms with Crippen LogP contribution in [0.3, 0.4) is 0 Å². The fourth-order valence-corrected chi connectivity index (χ4v) is 4.47. The van der Waals surface area contributed by atoms with Gasteiger partial charge in [0.25, 0.3) is 5.56 Å². The predicted octanol–water partition coefficient (Wildman–Crippen LogP) is 1.34. The molecule has 0 saturated carbocycles. The Hall–Kier alpha value is -2.52. The van der Waals surface area contributed by atoms with Gasteiger partial charge >= 0.3 is 5.97 Å². The lowest BCUT2D eigenvalue weighted by atomic mass is 9.97. The van der Waals surface area contributed by atoms with Gasteiger partial charge in [0.1, 0.15) is 11.4 Å². The number of benzene rings is 1. The van der Waals surface area contributed by atoms with E-state index in [1.54, 1.807) is 24.3 Å². The smallest absolute Gasteiger partial charge is 0.342 e. The normalized spacial score (nSPS) is 16.5. The Bertz CT molecular complexity index is 974. The molecule has 8 nitrogen and oxygen atoms in total. The second-order valence-electron chi connectivity index (χ2n) is 6.31. The van der Waals surface area contributed by atoms with Gasteiger partial charge in [0, 0.05) is 25.2 Å². The highest BCUT2D eigenvalue weighted by Crippen LogP contribution is 2.28. The molecule has 2 heterocycles. The monoisotopic (exact) mass is 377 g/mol. The second-order valence-corrected chi connectivity index (χ2v) is 8.25. The Balaban J connectivity index is 1.73. The Labute approximate surface area is 150 Å². The summed E-state index contributed by atoms with van der Waals surface area (Å²) in [6.45, 7) is 2.52. The SMILES string of the molecule is Cc1ccc(S(=O)(=O)N2CCC(c3ncc(C(=O)O)c(=O)[nH]3)CC2)cc1. The van der Waals surface area contributed by atoms with Crippen LogP contribution < -0.4 is 5.56 Å². The fraction of sp³-hybridized carbons (Fsp3) is 0.353. The van der Waals surface area contributed by atoms with Gasteiger partial charge in [-0.25, -0.2) is 18.2 Å². The molecule has 138 valence electrons. The van der Waals surface area contributed by atoms with E-state index in [1.165, 1.54) is 4.31 Å². The third-order valence-corrected chi connectivity index (χ3v) is 6.46. The molecule has 1 aliphatic rings. The summed E-state index contributed by atoms with van der Waals surface area (Å²) in [7, 11) is -3.55. The number of carboxylic acid groups (broad SMARTS) is 1. The maximum absolute atomic E-state index is 12.7. The number of rotatable bonds is 4. The van der Waals surface area contributed by atoms with Gasteiger partial charge in [0.05, 0.1) is 4.90 Å². The molecule has 1 aromatic heterocycles. The Kier molecular flexibility index (Phi) is 4.92. The maximum Gasteiger partial charge on any atom is 0.342 e. The van der Waals surface area contributed by atoms with Crippen LogP contribution in [0.2, 0.25) is 0 Å². The van der Waals surface area contributed by atoms with E-state index in [0.717, 1.165) is 11.8 Å². The van der Waals surface area contributed by atoms with Gasteiger partial charge in [0.2, 0.25) is 10.0 Å². The van der Waals surface area contributed by atoms with Gasteiger partial charge in [-0.1, -0.05) is 17.7 Å². The molecule has 3 rings (SSSR count). The number of aromatic amines is 1. The number of aromatic carboxylic acids is 1. The van der Waals surface area contributed by atoms with E-state index in [2.05, 4.69) is 9.97 Å². The standard InChI is InChI=1S/C17H19N3O5S/c1-11-2-4-13(5-3-11)26(24,25)20-8-6-12(7-9-20)15-18-10-14(17(22)23)16(21)19-15/h2-5,10,12H,6-9H2,1H3,(H,22,23)(H,18,19,21). The van der Waals surface area contributed by atoms with Crippen molar-refractivity contribution >= 4 is 16.0 Å². The van der Waals surface area contributed by atoms with Crippen LogP contribution >= 0.6 is 0 Å². The van der Waals surface area contributed by atoms with Crippen LogP contribution in [0.1, 0.15) is 40.5 Å². The summed E-state index contributed by atoms with van der Waals surface area (Å²) in [5, 5.41) is 8.88. The van der Waals surface area contributed by atoms with Crippen LogP contribution in [0.25, 0.3) is 0 Å². The third-order valence-electron chi connectivity index (χ3n) is 4.55. The number of carbonyl (C=O) groups is 1. The molecule has 9 heteroatoms. The second kappa shape index (κ2) is 7.00. The molecule has 0 spiro atoms. The summed E-state index contributed by atoms with van der Waals surface area (Å²) in [6.07, 6.45) is 2.05. The van der Waals surface area contributed by atoms with Crippen molar-refractivity contribution in [3.05, 3.63) is 57.8 Å². The van der Waals surface area contributed by atoms with Crippen LogP contribution in [-0.4, -0.2) is 46.9 Å². The highest BCUT2D eigenvalue weighted by atomic mass is 32.2. The number of carboxylic acids is 1. The van der Waals surface area contributed by atoms with E-state index in [-0.39, 0.29) is 10.8 Å². The van der Waals surface area contributed by atoms with Crippen molar-refractivity contribution in [3.8, 4) is 0 Å². The average Bonchev–Trinajstić information content (AvgIpc) is 2.62. The molecule has 1 aromatic carbocycles. The van der Waals surface area contributed by atoms with Gasteiger partial charge in [0.15, 0.2) is 0 Å². The topological polar surface area (TPSA) is 120 Å². The molecule has 0 bridgehead atoms. The van der Waals surface area contributed by atoms with Crippen LogP contribution in [0.5, 0.6) is 0 Å². The molecule has 0 unspecified atom stereocenters. The number of sulfonamides is 1. The minimum atomic E-state index is -3.55. The maximum atomic E-state index is 12.7. The predicted molar refractivity (Wildman–Crippen MR) is 93.7 cm³/mol. The van der Waals surface area contributed by atoms with Gasteiger partial charge < -0.3 is 10.1 Å². The van der Waals surface area contributed by atoms with Gasteiger partial charge in [-0.2, -0.15) is 4.31 Å². The first kappa shape index (κ1) is 18.3. The molecule has 1 fully saturated rings. The minimum Gasteiger partial charge on any atom is -0.477 e. The van der Waals surface area contributed by atoms with Crippen LogP contribution in [0.15, 0.2) is 40.2 Å². The summed E-state index contributed by atoms with van der Waals surface area (Å²) >= 11 is 0. The molecule has 1 saturated heterocycles. The van der Waals surface area contributed by atoms with E-state index in [9.17, 15) is 18.0 Å². The van der Waals surface area contributed by atoms with Crippen LogP contribution in [-0.2, 0) is 10.0 Å². The summed E-state index contributed by atoms with van der Waals surface area (Å²) in [5.41, 5.74) is -0.118. The number of piperidine rings is 1. The van der Waals surface area contributed by atoms with Crippen molar-refractivity contribution in [1.82, 2.24) is 14.3 Å². The highest BCUT2D eigenvalue weighted by molar-refractivity contribution is 7.89. The number of aryl methyl sites for hydroxylation is 1. The van der Waals surface area contributed by atoms with E-state index in [0.29, 0.717) is 31.8 Å². The van der Waals surface area contributed by atoms with Crippen LogP contribution in [0, 0.1) is 6.92 Å². The number of aromatic nitrogens is 2. The quantitative estimate of drug-likeness (QED) is 0.830. The van der Waals surface area contributed by atoms with Crippen molar-refractivity contribution in [2.45, 2.75) is 30.6 Å². The van der Waals surface area contributed by atoms with Crippen LogP contribution in [0.4, 0.5) is 0 Å². The molecular weight excluding hydrogens is 358 g/mol. The van der Waals surface area contributed by atoms with Crippen molar-refractivity contribution in [2.24, 2.45) is 0 Å². The van der Waals surface area contributed by atoms with Crippen molar-refractivity contribution in [3.63, 3.8) is 0 Å². The molecule has 0 radical (unpaired) electrons. The van der Waals surface area contributed by atoms with E-state index >= 15 is 0 Å². The van der Waals surface area contributed by atoms with Crippen molar-refractivity contribution in [1.29, 1.82) is 0 Å². The van der Waals surface area contributed by atoms with Gasteiger partial charge in [-0.3, -0.25) is 4.79 Å². The van der Waals surface area contributed by atoms with E-state index in [1.807, 2.05) is 6.92 Å². The Morgan fingerprint density at radius 2 is 1.85 bits per heavy atom. The van der Waals surface area contributed by atoms with E-state index in [4.69, 9.17) is 5.11 Å². The summed E-state index contributed by atoms with van der Waals surface area (Å²) in [6, 6.07) is 6.72. The average molecular weight is 377 g/mol.